The quantitative estimate of drug-likeness (QED) is 0.297. The van der Waals surface area contributed by atoms with Crippen molar-refractivity contribution in [1.82, 2.24) is 0 Å². The number of allylic oxidation sites excluding steroid dienone is 1. The van der Waals surface area contributed by atoms with E-state index in [0.717, 1.165) is 11.3 Å². The molecule has 0 aliphatic heterocycles. The molecule has 0 bridgehead atoms. The summed E-state index contributed by atoms with van der Waals surface area (Å²) in [7, 11) is 3.12. The molecule has 0 saturated heterocycles. The van der Waals surface area contributed by atoms with Crippen LogP contribution in [0.25, 0.3) is 0 Å². The van der Waals surface area contributed by atoms with Crippen LogP contribution in [0.5, 0.6) is 0 Å². The predicted octanol–water partition coefficient (Wildman–Crippen LogP) is 2.40. The molecule has 0 unspecified atom stereocenters. The lowest BCUT2D eigenvalue weighted by atomic mass is 10.1. The maximum Gasteiger partial charge on any atom is 0.354 e. The third-order valence-electron chi connectivity index (χ3n) is 2.83. The Labute approximate surface area is 112 Å². The van der Waals surface area contributed by atoms with E-state index in [1.54, 1.807) is 31.9 Å². The topological polar surface area (TPSA) is 62.1 Å². The van der Waals surface area contributed by atoms with E-state index >= 15 is 0 Å². The summed E-state index contributed by atoms with van der Waals surface area (Å²) in [6, 6.07) is 7.36. The first-order valence-electron chi connectivity index (χ1n) is 5.82. The van der Waals surface area contributed by atoms with Gasteiger partial charge in [0.05, 0.1) is 12.8 Å². The van der Waals surface area contributed by atoms with Crippen LogP contribution in [0.3, 0.4) is 0 Å². The Kier molecular flexibility index (Phi) is 5.11. The molecule has 0 saturated carbocycles. The van der Waals surface area contributed by atoms with Crippen LogP contribution in [0.15, 0.2) is 41.2 Å². The van der Waals surface area contributed by atoms with Crippen molar-refractivity contribution in [1.29, 1.82) is 0 Å². The number of benzene rings is 1. The first-order valence-corrected chi connectivity index (χ1v) is 5.82. The lowest BCUT2D eigenvalue weighted by Gasteiger charge is -2.21. The number of likely N-dealkylation sites (N-methyl/N-ethyl adjacent to an activating group) is 1. The van der Waals surface area contributed by atoms with Gasteiger partial charge in [-0.3, -0.25) is 0 Å². The van der Waals surface area contributed by atoms with Crippen molar-refractivity contribution >= 4 is 17.4 Å². The van der Waals surface area contributed by atoms with Crippen molar-refractivity contribution in [2.45, 2.75) is 13.8 Å². The van der Waals surface area contributed by atoms with Crippen LogP contribution in [0.4, 0.5) is 5.69 Å². The number of ether oxygens (including phenoxy) is 1. The van der Waals surface area contributed by atoms with Gasteiger partial charge in [0.15, 0.2) is 0 Å². The molecule has 0 spiro atoms. The van der Waals surface area contributed by atoms with Gasteiger partial charge in [-0.05, 0) is 26.0 Å². The van der Waals surface area contributed by atoms with Crippen LogP contribution >= 0.6 is 0 Å². The van der Waals surface area contributed by atoms with Gasteiger partial charge in [0.1, 0.15) is 5.70 Å². The molecular weight excluding hydrogens is 244 g/mol. The molecule has 1 N–H and O–H groups in total. The van der Waals surface area contributed by atoms with Crippen molar-refractivity contribution < 1.29 is 14.7 Å². The van der Waals surface area contributed by atoms with Gasteiger partial charge in [-0.1, -0.05) is 23.4 Å². The van der Waals surface area contributed by atoms with Crippen molar-refractivity contribution in [3.05, 3.63) is 41.6 Å². The van der Waals surface area contributed by atoms with E-state index in [9.17, 15) is 4.79 Å². The van der Waals surface area contributed by atoms with Gasteiger partial charge in [0, 0.05) is 18.3 Å². The van der Waals surface area contributed by atoms with Crippen molar-refractivity contribution in [3.8, 4) is 0 Å². The molecule has 5 nitrogen and oxygen atoms in total. The molecule has 5 heteroatoms. The highest BCUT2D eigenvalue weighted by Gasteiger charge is 2.15. The van der Waals surface area contributed by atoms with Gasteiger partial charge in [0.25, 0.3) is 0 Å². The van der Waals surface area contributed by atoms with E-state index in [1.165, 1.54) is 7.11 Å². The summed E-state index contributed by atoms with van der Waals surface area (Å²) < 4.78 is 4.73. The zero-order valence-electron chi connectivity index (χ0n) is 11.5. The molecule has 1 aromatic rings. The molecule has 0 amide bonds. The van der Waals surface area contributed by atoms with Crippen LogP contribution in [-0.4, -0.2) is 31.0 Å². The highest BCUT2D eigenvalue weighted by molar-refractivity contribution is 5.99. The van der Waals surface area contributed by atoms with E-state index < -0.39 is 5.97 Å². The Morgan fingerprint density at radius 3 is 2.68 bits per heavy atom. The third kappa shape index (κ3) is 3.34. The average molecular weight is 262 g/mol. The predicted molar refractivity (Wildman–Crippen MR) is 74.6 cm³/mol. The summed E-state index contributed by atoms with van der Waals surface area (Å²) in [6.45, 7) is 3.48. The van der Waals surface area contributed by atoms with Gasteiger partial charge in [-0.15, -0.1) is 0 Å². The molecule has 0 radical (unpaired) electrons. The fraction of sp³-hybridized carbons (Fsp3) is 0.286. The SMILES string of the molecule is CC=C(C(=O)OC)N(C)c1cccc(C(C)=NO)c1. The molecule has 0 aliphatic carbocycles. The van der Waals surface area contributed by atoms with Gasteiger partial charge in [-0.2, -0.15) is 0 Å². The molecule has 0 atom stereocenters. The summed E-state index contributed by atoms with van der Waals surface area (Å²) in [6.07, 6.45) is 1.69. The highest BCUT2D eigenvalue weighted by Crippen LogP contribution is 2.20. The monoisotopic (exact) mass is 262 g/mol. The standard InChI is InChI=1S/C14H18N2O3/c1-5-13(14(17)19-4)16(3)12-8-6-7-11(9-12)10(2)15-18/h5-9,18H,1-4H3. The number of hydrogen-bond donors (Lipinski definition) is 1. The number of carbonyl (C=O) groups is 1. The lowest BCUT2D eigenvalue weighted by Crippen LogP contribution is -2.24. The number of carbonyl (C=O) groups excluding carboxylic acids is 1. The lowest BCUT2D eigenvalue weighted by molar-refractivity contribution is -0.136. The van der Waals surface area contributed by atoms with Gasteiger partial charge in [0.2, 0.25) is 0 Å². The molecule has 1 aromatic carbocycles. The molecule has 19 heavy (non-hydrogen) atoms. The molecule has 0 aliphatic rings. The third-order valence-corrected chi connectivity index (χ3v) is 2.83. The molecule has 1 rings (SSSR count). The van der Waals surface area contributed by atoms with Crippen LogP contribution in [0.1, 0.15) is 19.4 Å². The van der Waals surface area contributed by atoms with Gasteiger partial charge < -0.3 is 14.8 Å². The second-order valence-corrected chi connectivity index (χ2v) is 3.96. The van der Waals surface area contributed by atoms with Crippen LogP contribution in [-0.2, 0) is 9.53 Å². The van der Waals surface area contributed by atoms with Crippen LogP contribution in [0.2, 0.25) is 0 Å². The Morgan fingerprint density at radius 1 is 1.47 bits per heavy atom. The number of anilines is 1. The molecule has 0 fully saturated rings. The summed E-state index contributed by atoms with van der Waals surface area (Å²) in [5.74, 6) is -0.400. The Bertz CT molecular complexity index is 521. The number of methoxy groups -OCH3 is 1. The van der Waals surface area contributed by atoms with Crippen molar-refractivity contribution in [3.63, 3.8) is 0 Å². The zero-order chi connectivity index (χ0) is 14.4. The summed E-state index contributed by atoms with van der Waals surface area (Å²) in [5, 5.41) is 12.0. The van der Waals surface area contributed by atoms with E-state index in [-0.39, 0.29) is 0 Å². The Balaban J connectivity index is 3.13. The Hall–Kier alpha value is -2.30. The number of rotatable bonds is 4. The second-order valence-electron chi connectivity index (χ2n) is 3.96. The van der Waals surface area contributed by atoms with E-state index in [4.69, 9.17) is 9.94 Å². The fourth-order valence-corrected chi connectivity index (χ4v) is 1.69. The highest BCUT2D eigenvalue weighted by atomic mass is 16.5. The first-order chi connectivity index (χ1) is 9.04. The van der Waals surface area contributed by atoms with Crippen LogP contribution in [0, 0.1) is 0 Å². The maximum atomic E-state index is 11.6. The Morgan fingerprint density at radius 2 is 2.16 bits per heavy atom. The minimum absolute atomic E-state index is 0.400. The fourth-order valence-electron chi connectivity index (χ4n) is 1.69. The summed E-state index contributed by atoms with van der Waals surface area (Å²) >= 11 is 0. The number of esters is 1. The zero-order valence-corrected chi connectivity index (χ0v) is 11.5. The molecule has 0 aromatic heterocycles. The number of hydrogen-bond acceptors (Lipinski definition) is 5. The maximum absolute atomic E-state index is 11.6. The molecule has 0 heterocycles. The first kappa shape index (κ1) is 14.8. The van der Waals surface area contributed by atoms with E-state index in [2.05, 4.69) is 5.16 Å². The second kappa shape index (κ2) is 6.58. The van der Waals surface area contributed by atoms with Gasteiger partial charge in [-0.25, -0.2) is 4.79 Å². The van der Waals surface area contributed by atoms with Crippen molar-refractivity contribution in [2.24, 2.45) is 5.16 Å². The molecule has 102 valence electrons. The smallest absolute Gasteiger partial charge is 0.354 e. The van der Waals surface area contributed by atoms with Crippen LogP contribution < -0.4 is 4.90 Å². The van der Waals surface area contributed by atoms with E-state index in [1.807, 2.05) is 24.3 Å². The average Bonchev–Trinajstić information content (AvgIpc) is 2.46. The number of nitrogens with zero attached hydrogens (tertiary/aromatic N) is 2. The summed E-state index contributed by atoms with van der Waals surface area (Å²) in [5.41, 5.74) is 2.54. The largest absolute Gasteiger partial charge is 0.464 e. The summed E-state index contributed by atoms with van der Waals surface area (Å²) in [4.78, 5) is 13.4. The van der Waals surface area contributed by atoms with Gasteiger partial charge >= 0.3 is 5.97 Å². The normalized spacial score (nSPS) is 12.2. The molecular formula is C14H18N2O3. The number of oxime groups is 1. The van der Waals surface area contributed by atoms with Crippen molar-refractivity contribution in [2.75, 3.05) is 19.1 Å². The van der Waals surface area contributed by atoms with E-state index in [0.29, 0.717) is 11.4 Å². The minimum Gasteiger partial charge on any atom is -0.464 e. The minimum atomic E-state index is -0.400.